The highest BCUT2D eigenvalue weighted by molar-refractivity contribution is 5.87. The Kier molecular flexibility index (Phi) is 1.79. The lowest BCUT2D eigenvalue weighted by Gasteiger charge is -1.96. The molecule has 0 aliphatic heterocycles. The highest BCUT2D eigenvalue weighted by atomic mass is 16.2. The molecule has 5 heteroatoms. The van der Waals surface area contributed by atoms with E-state index in [1.54, 1.807) is 0 Å². The van der Waals surface area contributed by atoms with Crippen LogP contribution < -0.4 is 11.1 Å². The molecule has 10 heavy (non-hydrogen) atoms. The van der Waals surface area contributed by atoms with Crippen LogP contribution in [0.5, 0.6) is 0 Å². The molecule has 3 N–H and O–H groups in total. The van der Waals surface area contributed by atoms with Crippen LogP contribution in [0.2, 0.25) is 0 Å². The first-order valence-electron chi connectivity index (χ1n) is 2.60. The van der Waals surface area contributed by atoms with E-state index in [9.17, 15) is 4.79 Å². The molecular weight excluding hydrogens is 132 g/mol. The van der Waals surface area contributed by atoms with Crippen LogP contribution in [-0.2, 0) is 0 Å². The Morgan fingerprint density at radius 3 is 2.60 bits per heavy atom. The minimum atomic E-state index is -0.616. The van der Waals surface area contributed by atoms with Crippen molar-refractivity contribution in [1.29, 1.82) is 0 Å². The van der Waals surface area contributed by atoms with E-state index in [0.29, 0.717) is 5.69 Å². The molecule has 52 valence electrons. The fourth-order valence-electron chi connectivity index (χ4n) is 0.506. The van der Waals surface area contributed by atoms with E-state index in [0.717, 1.165) is 0 Å². The molecule has 5 nitrogen and oxygen atoms in total. The number of urea groups is 1. The van der Waals surface area contributed by atoms with Crippen molar-refractivity contribution in [3.05, 3.63) is 18.7 Å². The fourth-order valence-corrected chi connectivity index (χ4v) is 0.506. The van der Waals surface area contributed by atoms with Gasteiger partial charge in [0.1, 0.15) is 6.33 Å². The summed E-state index contributed by atoms with van der Waals surface area (Å²) >= 11 is 0. The maximum absolute atomic E-state index is 10.2. The molecule has 0 aliphatic carbocycles. The van der Waals surface area contributed by atoms with Crippen molar-refractivity contribution >= 4 is 11.7 Å². The van der Waals surface area contributed by atoms with Gasteiger partial charge in [0, 0.05) is 0 Å². The van der Waals surface area contributed by atoms with Crippen LogP contribution in [0.4, 0.5) is 10.5 Å². The van der Waals surface area contributed by atoms with E-state index < -0.39 is 6.03 Å². The topological polar surface area (TPSA) is 80.9 Å². The Morgan fingerprint density at radius 2 is 2.10 bits per heavy atom. The standard InChI is InChI=1S/C5H6N4O/c6-5(10)9-4-1-7-3-8-2-4/h1-3H,(H3,6,9,10). The summed E-state index contributed by atoms with van der Waals surface area (Å²) in [6, 6.07) is -0.616. The fraction of sp³-hybridized carbons (Fsp3) is 0. The number of nitrogens with two attached hydrogens (primary N) is 1. The first-order chi connectivity index (χ1) is 4.79. The SMILES string of the molecule is NC(=O)Nc1cncnc1. The molecule has 2 amide bonds. The van der Waals surface area contributed by atoms with E-state index in [2.05, 4.69) is 15.3 Å². The van der Waals surface area contributed by atoms with Crippen molar-refractivity contribution in [2.24, 2.45) is 5.73 Å². The number of carbonyl (C=O) groups excluding carboxylic acids is 1. The van der Waals surface area contributed by atoms with Gasteiger partial charge < -0.3 is 11.1 Å². The number of primary amides is 1. The first-order valence-corrected chi connectivity index (χ1v) is 2.60. The molecule has 0 saturated carbocycles. The molecule has 0 atom stereocenters. The van der Waals surface area contributed by atoms with Gasteiger partial charge in [0.2, 0.25) is 0 Å². The van der Waals surface area contributed by atoms with Crippen molar-refractivity contribution in [3.8, 4) is 0 Å². The van der Waals surface area contributed by atoms with E-state index in [-0.39, 0.29) is 0 Å². The summed E-state index contributed by atoms with van der Waals surface area (Å²) in [6.07, 6.45) is 4.28. The van der Waals surface area contributed by atoms with Gasteiger partial charge >= 0.3 is 6.03 Å². The third-order valence-electron chi connectivity index (χ3n) is 0.828. The average molecular weight is 138 g/mol. The molecule has 0 aromatic carbocycles. The van der Waals surface area contributed by atoms with Gasteiger partial charge in [0.05, 0.1) is 18.1 Å². The quantitative estimate of drug-likeness (QED) is 0.571. The van der Waals surface area contributed by atoms with E-state index in [1.165, 1.54) is 18.7 Å². The van der Waals surface area contributed by atoms with Crippen molar-refractivity contribution in [1.82, 2.24) is 9.97 Å². The third kappa shape index (κ3) is 1.70. The summed E-state index contributed by atoms with van der Waals surface area (Å²) in [4.78, 5) is 17.5. The monoisotopic (exact) mass is 138 g/mol. The van der Waals surface area contributed by atoms with Crippen molar-refractivity contribution in [2.45, 2.75) is 0 Å². The smallest absolute Gasteiger partial charge is 0.316 e. The van der Waals surface area contributed by atoms with Gasteiger partial charge in [-0.05, 0) is 0 Å². The van der Waals surface area contributed by atoms with E-state index >= 15 is 0 Å². The average Bonchev–Trinajstić information content (AvgIpc) is 1.88. The first kappa shape index (κ1) is 6.47. The minimum Gasteiger partial charge on any atom is -0.351 e. The molecule has 0 aliphatic rings. The zero-order chi connectivity index (χ0) is 7.40. The number of nitrogens with one attached hydrogen (secondary N) is 1. The van der Waals surface area contributed by atoms with Gasteiger partial charge in [-0.2, -0.15) is 0 Å². The molecule has 1 rings (SSSR count). The largest absolute Gasteiger partial charge is 0.351 e. The summed E-state index contributed by atoms with van der Waals surface area (Å²) in [7, 11) is 0. The second-order valence-electron chi connectivity index (χ2n) is 1.62. The van der Waals surface area contributed by atoms with Crippen LogP contribution in [-0.4, -0.2) is 16.0 Å². The number of nitrogens with zero attached hydrogens (tertiary/aromatic N) is 2. The van der Waals surface area contributed by atoms with Gasteiger partial charge in [-0.25, -0.2) is 14.8 Å². The van der Waals surface area contributed by atoms with E-state index in [4.69, 9.17) is 5.73 Å². The highest BCUT2D eigenvalue weighted by Gasteiger charge is 1.92. The molecule has 0 saturated heterocycles. The maximum Gasteiger partial charge on any atom is 0.316 e. The van der Waals surface area contributed by atoms with Gasteiger partial charge in [0.25, 0.3) is 0 Å². The van der Waals surface area contributed by atoms with Crippen LogP contribution >= 0.6 is 0 Å². The normalized spacial score (nSPS) is 8.80. The molecule has 0 unspecified atom stereocenters. The Balaban J connectivity index is 2.67. The van der Waals surface area contributed by atoms with Crippen molar-refractivity contribution in [2.75, 3.05) is 5.32 Å². The molecule has 1 aromatic heterocycles. The maximum atomic E-state index is 10.2. The predicted octanol–water partition coefficient (Wildman–Crippen LogP) is -0.0328. The number of hydrogen-bond acceptors (Lipinski definition) is 3. The second kappa shape index (κ2) is 2.77. The Morgan fingerprint density at radius 1 is 1.50 bits per heavy atom. The summed E-state index contributed by atoms with van der Waals surface area (Å²) in [5.41, 5.74) is 5.31. The number of amides is 2. The number of carbonyl (C=O) groups is 1. The zero-order valence-electron chi connectivity index (χ0n) is 5.11. The predicted molar refractivity (Wildman–Crippen MR) is 35.2 cm³/mol. The summed E-state index contributed by atoms with van der Waals surface area (Å²) in [5, 5.41) is 2.32. The van der Waals surface area contributed by atoms with Crippen LogP contribution in [0.1, 0.15) is 0 Å². The lowest BCUT2D eigenvalue weighted by molar-refractivity contribution is 0.259. The molecule has 0 bridgehead atoms. The lowest BCUT2D eigenvalue weighted by Crippen LogP contribution is -2.19. The van der Waals surface area contributed by atoms with Crippen molar-refractivity contribution in [3.63, 3.8) is 0 Å². The zero-order valence-corrected chi connectivity index (χ0v) is 5.11. The molecule has 0 fully saturated rings. The molecule has 1 heterocycles. The number of hydrogen-bond donors (Lipinski definition) is 2. The molecule has 0 spiro atoms. The summed E-state index contributed by atoms with van der Waals surface area (Å²) in [6.45, 7) is 0. The van der Waals surface area contributed by atoms with Crippen LogP contribution in [0.15, 0.2) is 18.7 Å². The van der Waals surface area contributed by atoms with Crippen LogP contribution in [0, 0.1) is 0 Å². The Hall–Kier alpha value is -1.65. The molecule has 0 radical (unpaired) electrons. The van der Waals surface area contributed by atoms with Crippen molar-refractivity contribution < 1.29 is 4.79 Å². The van der Waals surface area contributed by atoms with Gasteiger partial charge in [-0.3, -0.25) is 0 Å². The van der Waals surface area contributed by atoms with Gasteiger partial charge in [-0.15, -0.1) is 0 Å². The van der Waals surface area contributed by atoms with Crippen LogP contribution in [0.25, 0.3) is 0 Å². The summed E-state index contributed by atoms with van der Waals surface area (Å²) in [5.74, 6) is 0. The second-order valence-corrected chi connectivity index (χ2v) is 1.62. The van der Waals surface area contributed by atoms with Gasteiger partial charge in [0.15, 0.2) is 0 Å². The number of aromatic nitrogens is 2. The molecular formula is C5H6N4O. The summed E-state index contributed by atoms with van der Waals surface area (Å²) < 4.78 is 0. The third-order valence-corrected chi connectivity index (χ3v) is 0.828. The highest BCUT2D eigenvalue weighted by Crippen LogP contribution is 1.97. The molecule has 1 aromatic rings. The number of anilines is 1. The van der Waals surface area contributed by atoms with Gasteiger partial charge in [-0.1, -0.05) is 0 Å². The van der Waals surface area contributed by atoms with E-state index in [1.807, 2.05) is 0 Å². The Labute approximate surface area is 57.3 Å². The minimum absolute atomic E-state index is 0.495. The lowest BCUT2D eigenvalue weighted by atomic mass is 10.5. The number of rotatable bonds is 1. The van der Waals surface area contributed by atoms with Crippen LogP contribution in [0.3, 0.4) is 0 Å². The Bertz CT molecular complexity index is 222.